The van der Waals surface area contributed by atoms with Crippen LogP contribution >= 0.6 is 0 Å². The minimum atomic E-state index is -1.85. The van der Waals surface area contributed by atoms with Gasteiger partial charge in [0, 0.05) is 6.07 Å². The smallest absolute Gasteiger partial charge is 0.308 e. The molecule has 1 aliphatic rings. The van der Waals surface area contributed by atoms with Gasteiger partial charge in [-0.05, 0) is 13.8 Å². The summed E-state index contributed by atoms with van der Waals surface area (Å²) in [6, 6.07) is 1.07. The summed E-state index contributed by atoms with van der Waals surface area (Å²) in [5, 5.41) is 48.8. The first-order valence-electron chi connectivity index (χ1n) is 8.96. The van der Waals surface area contributed by atoms with Crippen molar-refractivity contribution in [1.82, 2.24) is 0 Å². The SMILES string of the molecule is Cc1occc(=O)c1O[C@@H]1O[C@H](COC(=O)C[C@@](C)(O)CC(=O)O)[C@@H](O)[C@H](O)[C@H]1O. The molecule has 30 heavy (non-hydrogen) atoms. The van der Waals surface area contributed by atoms with Gasteiger partial charge in [0.25, 0.3) is 0 Å². The largest absolute Gasteiger partial charge is 0.481 e. The molecule has 0 unspecified atom stereocenters. The lowest BCUT2D eigenvalue weighted by atomic mass is 9.98. The van der Waals surface area contributed by atoms with Gasteiger partial charge in [0.15, 0.2) is 0 Å². The van der Waals surface area contributed by atoms with Crippen molar-refractivity contribution in [2.24, 2.45) is 0 Å². The highest BCUT2D eigenvalue weighted by molar-refractivity contribution is 5.73. The Morgan fingerprint density at radius 1 is 1.17 bits per heavy atom. The standard InChI is InChI=1S/C18H24O12/c1-8-16(9(19)3-4-27-8)30-17-15(25)14(24)13(23)10(29-17)7-28-12(22)6-18(2,26)5-11(20)21/h3-4,10,13-15,17,23-26H,5-7H2,1-2H3,(H,20,21)/t10-,13-,14+,15-,17+,18+/m1/s1. The number of carboxylic acid groups (broad SMARTS) is 1. The van der Waals surface area contributed by atoms with Crippen LogP contribution in [0.25, 0.3) is 0 Å². The maximum absolute atomic E-state index is 11.9. The molecule has 1 aliphatic heterocycles. The maximum atomic E-state index is 11.9. The third kappa shape index (κ3) is 6.00. The van der Waals surface area contributed by atoms with E-state index in [0.717, 1.165) is 19.3 Å². The second kappa shape index (κ2) is 9.53. The number of carbonyl (C=O) groups excluding carboxylic acids is 1. The van der Waals surface area contributed by atoms with Crippen LogP contribution in [0.5, 0.6) is 5.75 Å². The number of aliphatic hydroxyl groups excluding tert-OH is 3. The minimum Gasteiger partial charge on any atom is -0.481 e. The van der Waals surface area contributed by atoms with Crippen LogP contribution in [0.15, 0.2) is 21.5 Å². The average Bonchev–Trinajstić information content (AvgIpc) is 2.62. The summed E-state index contributed by atoms with van der Waals surface area (Å²) in [6.45, 7) is 1.97. The van der Waals surface area contributed by atoms with Crippen LogP contribution in [0.3, 0.4) is 0 Å². The first kappa shape index (κ1) is 23.8. The third-order valence-electron chi connectivity index (χ3n) is 4.38. The predicted molar refractivity (Wildman–Crippen MR) is 95.5 cm³/mol. The molecule has 0 saturated carbocycles. The number of ether oxygens (including phenoxy) is 3. The van der Waals surface area contributed by atoms with Crippen molar-refractivity contribution in [1.29, 1.82) is 0 Å². The van der Waals surface area contributed by atoms with Crippen molar-refractivity contribution >= 4 is 11.9 Å². The number of aliphatic hydroxyl groups is 4. The van der Waals surface area contributed by atoms with E-state index >= 15 is 0 Å². The molecule has 5 N–H and O–H groups in total. The molecule has 2 rings (SSSR count). The van der Waals surface area contributed by atoms with Crippen molar-refractivity contribution in [2.45, 2.75) is 63.0 Å². The van der Waals surface area contributed by atoms with Crippen LogP contribution in [0.1, 0.15) is 25.5 Å². The summed E-state index contributed by atoms with van der Waals surface area (Å²) in [5.74, 6) is -2.47. The van der Waals surface area contributed by atoms with Crippen LogP contribution in [-0.4, -0.2) is 80.4 Å². The topological polar surface area (TPSA) is 193 Å². The number of hydrogen-bond acceptors (Lipinski definition) is 11. The summed E-state index contributed by atoms with van der Waals surface area (Å²) in [4.78, 5) is 34.5. The summed E-state index contributed by atoms with van der Waals surface area (Å²) in [6.07, 6.45) is -8.28. The number of carboxylic acids is 1. The van der Waals surface area contributed by atoms with E-state index in [1.807, 2.05) is 0 Å². The number of hydrogen-bond donors (Lipinski definition) is 5. The lowest BCUT2D eigenvalue weighted by molar-refractivity contribution is -0.279. The van der Waals surface area contributed by atoms with Crippen LogP contribution < -0.4 is 10.2 Å². The van der Waals surface area contributed by atoms with Gasteiger partial charge in [0.05, 0.1) is 24.7 Å². The highest BCUT2D eigenvalue weighted by atomic mass is 16.7. The zero-order valence-electron chi connectivity index (χ0n) is 16.3. The number of esters is 1. The van der Waals surface area contributed by atoms with Gasteiger partial charge in [-0.25, -0.2) is 0 Å². The normalized spacial score (nSPS) is 28.4. The lowest BCUT2D eigenvalue weighted by Crippen LogP contribution is -2.60. The molecule has 1 saturated heterocycles. The zero-order chi connectivity index (χ0) is 22.6. The molecule has 12 heteroatoms. The molecule has 0 radical (unpaired) electrons. The van der Waals surface area contributed by atoms with Crippen LogP contribution in [0.4, 0.5) is 0 Å². The molecule has 0 aromatic carbocycles. The van der Waals surface area contributed by atoms with Crippen molar-refractivity contribution < 1.29 is 53.7 Å². The molecular weight excluding hydrogens is 408 g/mol. The lowest BCUT2D eigenvalue weighted by Gasteiger charge is -2.39. The van der Waals surface area contributed by atoms with E-state index in [9.17, 15) is 34.8 Å². The number of carbonyl (C=O) groups is 2. The molecule has 2 heterocycles. The van der Waals surface area contributed by atoms with Gasteiger partial charge in [0.2, 0.25) is 17.5 Å². The molecule has 6 atom stereocenters. The third-order valence-corrected chi connectivity index (χ3v) is 4.38. The fourth-order valence-electron chi connectivity index (χ4n) is 2.83. The molecule has 168 valence electrons. The Balaban J connectivity index is 2.03. The first-order valence-corrected chi connectivity index (χ1v) is 8.96. The van der Waals surface area contributed by atoms with E-state index in [1.54, 1.807) is 0 Å². The summed E-state index contributed by atoms with van der Waals surface area (Å²) >= 11 is 0. The van der Waals surface area contributed by atoms with Gasteiger partial charge in [0.1, 0.15) is 36.8 Å². The van der Waals surface area contributed by atoms with E-state index in [0.29, 0.717) is 0 Å². The zero-order valence-corrected chi connectivity index (χ0v) is 16.3. The van der Waals surface area contributed by atoms with E-state index in [4.69, 9.17) is 23.7 Å². The Hall–Kier alpha value is -2.51. The Bertz CT molecular complexity index is 816. The molecule has 0 bridgehead atoms. The molecule has 1 fully saturated rings. The van der Waals surface area contributed by atoms with Crippen LogP contribution in [-0.2, 0) is 19.1 Å². The highest BCUT2D eigenvalue weighted by Crippen LogP contribution is 2.25. The predicted octanol–water partition coefficient (Wildman–Crippen LogP) is -1.71. The van der Waals surface area contributed by atoms with E-state index in [1.165, 1.54) is 6.92 Å². The number of aliphatic carboxylic acids is 1. The maximum Gasteiger partial charge on any atom is 0.308 e. The summed E-state index contributed by atoms with van der Waals surface area (Å²) < 4.78 is 20.6. The summed E-state index contributed by atoms with van der Waals surface area (Å²) in [7, 11) is 0. The van der Waals surface area contributed by atoms with Crippen molar-refractivity contribution in [3.63, 3.8) is 0 Å². The Kier molecular flexibility index (Phi) is 7.55. The first-order chi connectivity index (χ1) is 13.9. The average molecular weight is 432 g/mol. The van der Waals surface area contributed by atoms with E-state index in [-0.39, 0.29) is 11.5 Å². The second-order valence-electron chi connectivity index (χ2n) is 7.23. The fourth-order valence-corrected chi connectivity index (χ4v) is 2.83. The molecule has 0 aliphatic carbocycles. The van der Waals surface area contributed by atoms with Gasteiger partial charge in [-0.15, -0.1) is 0 Å². The van der Waals surface area contributed by atoms with Gasteiger partial charge in [-0.3, -0.25) is 14.4 Å². The molecule has 0 spiro atoms. The second-order valence-corrected chi connectivity index (χ2v) is 7.23. The van der Waals surface area contributed by atoms with Crippen molar-refractivity contribution in [3.05, 3.63) is 28.3 Å². The summed E-state index contributed by atoms with van der Waals surface area (Å²) in [5.41, 5.74) is -2.42. The Labute approximate surface area is 170 Å². The highest BCUT2D eigenvalue weighted by Gasteiger charge is 2.46. The molecule has 12 nitrogen and oxygen atoms in total. The van der Waals surface area contributed by atoms with Crippen molar-refractivity contribution in [2.75, 3.05) is 6.61 Å². The minimum absolute atomic E-state index is 0.0857. The van der Waals surface area contributed by atoms with Gasteiger partial charge < -0.3 is 44.2 Å². The molecule has 1 aromatic rings. The monoisotopic (exact) mass is 432 g/mol. The van der Waals surface area contributed by atoms with E-state index < -0.39 is 73.1 Å². The van der Waals surface area contributed by atoms with Crippen LogP contribution in [0, 0.1) is 6.92 Å². The van der Waals surface area contributed by atoms with Gasteiger partial charge in [-0.1, -0.05) is 0 Å². The Morgan fingerprint density at radius 3 is 2.43 bits per heavy atom. The number of rotatable bonds is 8. The number of aryl methyl sites for hydroxylation is 1. The van der Waals surface area contributed by atoms with E-state index in [2.05, 4.69) is 0 Å². The Morgan fingerprint density at radius 2 is 1.83 bits per heavy atom. The van der Waals surface area contributed by atoms with Gasteiger partial charge in [-0.2, -0.15) is 0 Å². The van der Waals surface area contributed by atoms with Crippen LogP contribution in [0.2, 0.25) is 0 Å². The molecule has 0 amide bonds. The molecule has 1 aromatic heterocycles. The molecular formula is C18H24O12. The fraction of sp³-hybridized carbons (Fsp3) is 0.611. The van der Waals surface area contributed by atoms with Gasteiger partial charge >= 0.3 is 11.9 Å². The quantitative estimate of drug-likeness (QED) is 0.293. The van der Waals surface area contributed by atoms with Crippen molar-refractivity contribution in [3.8, 4) is 5.75 Å².